The van der Waals surface area contributed by atoms with Crippen LogP contribution in [0.2, 0.25) is 0 Å². The van der Waals surface area contributed by atoms with Crippen LogP contribution < -0.4 is 10.6 Å². The van der Waals surface area contributed by atoms with E-state index in [2.05, 4.69) is 25.9 Å². The van der Waals surface area contributed by atoms with Crippen molar-refractivity contribution in [1.82, 2.24) is 30.6 Å². The molecule has 2 N–H and O–H groups in total. The molecule has 0 aliphatic rings. The van der Waals surface area contributed by atoms with E-state index in [1.165, 1.54) is 6.20 Å². The van der Waals surface area contributed by atoms with Gasteiger partial charge >= 0.3 is 6.18 Å². The quantitative estimate of drug-likeness (QED) is 0.673. The van der Waals surface area contributed by atoms with E-state index >= 15 is 0 Å². The second kappa shape index (κ2) is 8.53. The minimum Gasteiger partial charge on any atom is -0.383 e. The fourth-order valence-corrected chi connectivity index (χ4v) is 1.82. The highest BCUT2D eigenvalue weighted by molar-refractivity contribution is 5.91. The second-order valence-corrected chi connectivity index (χ2v) is 4.95. The van der Waals surface area contributed by atoms with Gasteiger partial charge in [0.25, 0.3) is 5.91 Å². The van der Waals surface area contributed by atoms with Crippen molar-refractivity contribution < 1.29 is 22.7 Å². The van der Waals surface area contributed by atoms with Crippen molar-refractivity contribution in [3.63, 3.8) is 0 Å². The minimum atomic E-state index is -4.46. The number of nitrogens with one attached hydrogen (secondary N) is 2. The molecule has 8 nitrogen and oxygen atoms in total. The van der Waals surface area contributed by atoms with Gasteiger partial charge in [-0.05, 0) is 12.1 Å². The Morgan fingerprint density at radius 3 is 2.72 bits per heavy atom. The van der Waals surface area contributed by atoms with E-state index in [1.807, 2.05) is 0 Å². The Morgan fingerprint density at radius 1 is 1.28 bits per heavy atom. The molecule has 2 aromatic rings. The van der Waals surface area contributed by atoms with Gasteiger partial charge in [0.15, 0.2) is 11.5 Å². The van der Waals surface area contributed by atoms with Crippen LogP contribution in [0.25, 0.3) is 5.82 Å². The molecule has 0 aliphatic carbocycles. The van der Waals surface area contributed by atoms with E-state index < -0.39 is 17.6 Å². The van der Waals surface area contributed by atoms with E-state index in [0.717, 1.165) is 16.8 Å². The number of aromatic nitrogens is 4. The Kier molecular flexibility index (Phi) is 6.42. The average Bonchev–Trinajstić information content (AvgIpc) is 3.07. The summed E-state index contributed by atoms with van der Waals surface area (Å²) >= 11 is 0. The third kappa shape index (κ3) is 5.50. The van der Waals surface area contributed by atoms with Crippen LogP contribution in [0.3, 0.4) is 0 Å². The predicted molar refractivity (Wildman–Crippen MR) is 81.2 cm³/mol. The summed E-state index contributed by atoms with van der Waals surface area (Å²) in [6, 6.07) is 2.04. The number of hydrogen-bond donors (Lipinski definition) is 2. The second-order valence-electron chi connectivity index (χ2n) is 4.95. The van der Waals surface area contributed by atoms with Crippen LogP contribution >= 0.6 is 0 Å². The summed E-state index contributed by atoms with van der Waals surface area (Å²) in [5.74, 6) is -0.313. The van der Waals surface area contributed by atoms with Gasteiger partial charge in [0.1, 0.15) is 0 Å². The number of nitrogens with zero attached hydrogens (tertiary/aromatic N) is 4. The van der Waals surface area contributed by atoms with Gasteiger partial charge in [-0.2, -0.15) is 13.2 Å². The molecule has 0 aliphatic heterocycles. The van der Waals surface area contributed by atoms with Crippen molar-refractivity contribution in [3.8, 4) is 5.82 Å². The number of methoxy groups -OCH3 is 1. The lowest BCUT2D eigenvalue weighted by Gasteiger charge is -2.06. The molecular formula is C14H17F3N6O2. The van der Waals surface area contributed by atoms with Gasteiger partial charge in [-0.25, -0.2) is 9.67 Å². The first kappa shape index (κ1) is 18.8. The lowest BCUT2D eigenvalue weighted by atomic mass is 10.3. The molecule has 2 heterocycles. The van der Waals surface area contributed by atoms with Crippen LogP contribution in [-0.2, 0) is 10.9 Å². The highest BCUT2D eigenvalue weighted by Gasteiger charge is 2.30. The summed E-state index contributed by atoms with van der Waals surface area (Å²) in [6.45, 7) is 2.18. The van der Waals surface area contributed by atoms with Crippen molar-refractivity contribution in [2.24, 2.45) is 0 Å². The number of ether oxygens (including phenoxy) is 1. The van der Waals surface area contributed by atoms with Gasteiger partial charge in [-0.3, -0.25) is 4.79 Å². The molecule has 1 amide bonds. The van der Waals surface area contributed by atoms with Crippen molar-refractivity contribution in [2.75, 3.05) is 33.4 Å². The Hall–Kier alpha value is -2.53. The van der Waals surface area contributed by atoms with Gasteiger partial charge in [0, 0.05) is 32.9 Å². The number of alkyl halides is 3. The Labute approximate surface area is 141 Å². The third-order valence-electron chi connectivity index (χ3n) is 3.11. The number of carbonyl (C=O) groups excluding carboxylic acids is 1. The van der Waals surface area contributed by atoms with Crippen molar-refractivity contribution in [1.29, 1.82) is 0 Å². The monoisotopic (exact) mass is 358 g/mol. The predicted octanol–water partition coefficient (Wildman–Crippen LogP) is 0.647. The molecule has 0 bridgehead atoms. The van der Waals surface area contributed by atoms with E-state index in [9.17, 15) is 18.0 Å². The topological polar surface area (TPSA) is 94.0 Å². The maximum atomic E-state index is 12.5. The molecule has 2 rings (SSSR count). The van der Waals surface area contributed by atoms with E-state index in [4.69, 9.17) is 4.74 Å². The first-order valence-electron chi connectivity index (χ1n) is 7.35. The zero-order valence-electron chi connectivity index (χ0n) is 13.4. The van der Waals surface area contributed by atoms with Gasteiger partial charge in [0.05, 0.1) is 18.4 Å². The maximum absolute atomic E-state index is 12.5. The molecule has 0 fully saturated rings. The molecular weight excluding hydrogens is 341 g/mol. The summed E-state index contributed by atoms with van der Waals surface area (Å²) in [7, 11) is 1.60. The van der Waals surface area contributed by atoms with Gasteiger partial charge in [-0.15, -0.1) is 5.10 Å². The SMILES string of the molecule is COCCNCCNC(=O)c1cn(-c2ccc(C(F)(F)F)cn2)nn1. The first-order chi connectivity index (χ1) is 11.9. The van der Waals surface area contributed by atoms with Crippen LogP contribution in [0.15, 0.2) is 24.5 Å². The van der Waals surface area contributed by atoms with Gasteiger partial charge in [0.2, 0.25) is 0 Å². The molecule has 0 saturated heterocycles. The number of hydrogen-bond acceptors (Lipinski definition) is 6. The molecule has 0 saturated carbocycles. The molecule has 2 aromatic heterocycles. The lowest BCUT2D eigenvalue weighted by Crippen LogP contribution is -2.33. The van der Waals surface area contributed by atoms with E-state index in [1.54, 1.807) is 7.11 Å². The molecule has 0 unspecified atom stereocenters. The molecule has 0 radical (unpaired) electrons. The van der Waals surface area contributed by atoms with Gasteiger partial charge in [-0.1, -0.05) is 5.21 Å². The number of pyridine rings is 1. The summed E-state index contributed by atoms with van der Waals surface area (Å²) in [4.78, 5) is 15.6. The molecule has 0 aromatic carbocycles. The van der Waals surface area contributed by atoms with Crippen molar-refractivity contribution in [3.05, 3.63) is 35.8 Å². The lowest BCUT2D eigenvalue weighted by molar-refractivity contribution is -0.137. The molecule has 11 heteroatoms. The molecule has 25 heavy (non-hydrogen) atoms. The minimum absolute atomic E-state index is 0.0404. The van der Waals surface area contributed by atoms with Crippen molar-refractivity contribution >= 4 is 5.91 Å². The zero-order chi connectivity index (χ0) is 18.3. The number of amides is 1. The van der Waals surface area contributed by atoms with Crippen LogP contribution in [0.4, 0.5) is 13.2 Å². The Balaban J connectivity index is 1.90. The fourth-order valence-electron chi connectivity index (χ4n) is 1.82. The average molecular weight is 358 g/mol. The normalized spacial score (nSPS) is 11.5. The number of rotatable bonds is 8. The standard InChI is InChI=1S/C14H17F3N6O2/c1-25-7-6-18-4-5-19-13(24)11-9-23(22-21-11)12-3-2-10(8-20-12)14(15,16)17/h2-3,8-9,18H,4-7H2,1H3,(H,19,24). The Bertz CT molecular complexity index is 687. The van der Waals surface area contributed by atoms with Crippen LogP contribution in [0.5, 0.6) is 0 Å². The zero-order valence-corrected chi connectivity index (χ0v) is 13.4. The summed E-state index contributed by atoms with van der Waals surface area (Å²) in [5.41, 5.74) is -0.825. The molecule has 0 atom stereocenters. The maximum Gasteiger partial charge on any atom is 0.417 e. The highest BCUT2D eigenvalue weighted by atomic mass is 19.4. The summed E-state index contributed by atoms with van der Waals surface area (Å²) in [6.07, 6.45) is -2.47. The number of halogens is 3. The van der Waals surface area contributed by atoms with Crippen LogP contribution in [-0.4, -0.2) is 59.2 Å². The summed E-state index contributed by atoms with van der Waals surface area (Å²) < 4.78 is 43.5. The molecule has 0 spiro atoms. The Morgan fingerprint density at radius 2 is 2.08 bits per heavy atom. The largest absolute Gasteiger partial charge is 0.417 e. The van der Waals surface area contributed by atoms with Crippen LogP contribution in [0.1, 0.15) is 16.1 Å². The smallest absolute Gasteiger partial charge is 0.383 e. The number of carbonyl (C=O) groups is 1. The van der Waals surface area contributed by atoms with Crippen molar-refractivity contribution in [2.45, 2.75) is 6.18 Å². The fraction of sp³-hybridized carbons (Fsp3) is 0.429. The summed E-state index contributed by atoms with van der Waals surface area (Å²) in [5, 5.41) is 13.1. The highest BCUT2D eigenvalue weighted by Crippen LogP contribution is 2.28. The third-order valence-corrected chi connectivity index (χ3v) is 3.11. The van der Waals surface area contributed by atoms with E-state index in [-0.39, 0.29) is 11.5 Å². The van der Waals surface area contributed by atoms with Crippen LogP contribution in [0, 0.1) is 0 Å². The van der Waals surface area contributed by atoms with E-state index in [0.29, 0.717) is 32.4 Å². The first-order valence-corrected chi connectivity index (χ1v) is 7.35. The van der Waals surface area contributed by atoms with Gasteiger partial charge < -0.3 is 15.4 Å². The molecule has 136 valence electrons.